The zero-order chi connectivity index (χ0) is 47.7. The van der Waals surface area contributed by atoms with Gasteiger partial charge in [-0.2, -0.15) is 0 Å². The number of unbranched alkanes of at least 4 members (excludes halogenated alkanes) is 26. The predicted octanol–water partition coefficient (Wildman–Crippen LogP) is 19.2. The molecule has 0 bridgehead atoms. The van der Waals surface area contributed by atoms with Gasteiger partial charge in [0.15, 0.2) is 0 Å². The van der Waals surface area contributed by atoms with Crippen molar-refractivity contribution in [2.75, 3.05) is 19.8 Å². The van der Waals surface area contributed by atoms with E-state index in [1.165, 1.54) is 148 Å². The molecule has 0 saturated carbocycles. The molecule has 0 aliphatic rings. The monoisotopic (exact) mass is 919 g/mol. The molecule has 0 aromatic rings. The molecule has 5 nitrogen and oxygen atoms in total. The molecule has 0 aromatic carbocycles. The molecule has 0 N–H and O–H groups in total. The minimum Gasteiger partial charge on any atom is -0.463 e. The van der Waals surface area contributed by atoms with Crippen molar-refractivity contribution in [3.63, 3.8) is 0 Å². The Balaban J connectivity index is 4.36. The Morgan fingerprint density at radius 2 is 0.636 bits per heavy atom. The van der Waals surface area contributed by atoms with Gasteiger partial charge in [0.05, 0.1) is 0 Å². The summed E-state index contributed by atoms with van der Waals surface area (Å²) in [5.74, 6) is -0.404. The number of rotatable bonds is 51. The Morgan fingerprint density at radius 3 is 1.06 bits per heavy atom. The van der Waals surface area contributed by atoms with Gasteiger partial charge in [-0.25, -0.2) is 0 Å². The summed E-state index contributed by atoms with van der Waals surface area (Å²) in [6.45, 7) is 7.54. The van der Waals surface area contributed by atoms with Crippen LogP contribution in [-0.4, -0.2) is 37.9 Å². The van der Waals surface area contributed by atoms with Gasteiger partial charge in [-0.1, -0.05) is 247 Å². The highest BCUT2D eigenvalue weighted by Crippen LogP contribution is 2.15. The van der Waals surface area contributed by atoms with E-state index in [-0.39, 0.29) is 25.2 Å². The molecule has 0 rings (SSSR count). The van der Waals surface area contributed by atoms with E-state index in [1.807, 2.05) is 0 Å². The average molecular weight is 920 g/mol. The van der Waals surface area contributed by atoms with Gasteiger partial charge in [-0.3, -0.25) is 9.59 Å². The Hall–Kier alpha value is -2.92. The van der Waals surface area contributed by atoms with Crippen molar-refractivity contribution in [1.82, 2.24) is 0 Å². The lowest BCUT2D eigenvalue weighted by Gasteiger charge is -2.18. The van der Waals surface area contributed by atoms with Crippen LogP contribution >= 0.6 is 0 Å². The number of hydrogen-bond donors (Lipinski definition) is 0. The standard InChI is InChI=1S/C61H106O5/c1-4-7-10-13-16-19-22-25-28-31-33-36-39-42-45-48-51-54-60(62)65-57-59(64-56-53-50-47-44-41-38-35-30-27-24-21-18-15-12-9-6-3)58-66-61(63)55-52-49-46-43-40-37-34-32-29-26-23-20-17-14-11-8-5-2/h7,10,16-17,19-20,25-26,28-29,33,36,42,45,59H,4-6,8-9,11-15,18,21-24,27,30-32,34-35,37-41,43-44,46-58H2,1-3H3/b10-7-,19-16-,20-17-,28-25-,29-26-,36-33-,45-42-/t59-/m1/s1. The Bertz CT molecular complexity index is 1220. The second-order valence-electron chi connectivity index (χ2n) is 18.5. The van der Waals surface area contributed by atoms with E-state index in [1.54, 1.807) is 0 Å². The van der Waals surface area contributed by atoms with Crippen LogP contribution in [0.5, 0.6) is 0 Å². The Kier molecular flexibility index (Phi) is 53.9. The van der Waals surface area contributed by atoms with Crippen LogP contribution in [0, 0.1) is 0 Å². The third-order valence-corrected chi connectivity index (χ3v) is 12.0. The molecule has 0 aromatic heterocycles. The normalized spacial score (nSPS) is 12.8. The molecular formula is C61H106O5. The van der Waals surface area contributed by atoms with E-state index in [2.05, 4.69) is 106 Å². The van der Waals surface area contributed by atoms with Gasteiger partial charge in [0.2, 0.25) is 0 Å². The highest BCUT2D eigenvalue weighted by atomic mass is 16.6. The number of carbonyl (C=O) groups excluding carboxylic acids is 2. The van der Waals surface area contributed by atoms with E-state index >= 15 is 0 Å². The maximum Gasteiger partial charge on any atom is 0.305 e. The van der Waals surface area contributed by atoms with Gasteiger partial charge in [0.25, 0.3) is 0 Å². The SMILES string of the molecule is CC/C=C\C/C=C\C/C=C\C/C=C\C/C=C\CCCC(=O)OC[C@H](COC(=O)CCCCCCCCC/C=C\C/C=C\CCCCC)OCCCCCCCCCCCCCCCCCC. The fraction of sp³-hybridized carbons (Fsp3) is 0.738. The zero-order valence-corrected chi connectivity index (χ0v) is 43.7. The Labute approximate surface area is 409 Å². The molecule has 0 fully saturated rings. The topological polar surface area (TPSA) is 61.8 Å². The largest absolute Gasteiger partial charge is 0.463 e. The second kappa shape index (κ2) is 56.4. The van der Waals surface area contributed by atoms with Crippen LogP contribution in [0.1, 0.15) is 265 Å². The van der Waals surface area contributed by atoms with Gasteiger partial charge in [0.1, 0.15) is 19.3 Å². The number of carbonyl (C=O) groups is 2. The first kappa shape index (κ1) is 63.1. The summed E-state index contributed by atoms with van der Waals surface area (Å²) in [5, 5.41) is 0. The molecule has 0 spiro atoms. The zero-order valence-electron chi connectivity index (χ0n) is 43.7. The van der Waals surface area contributed by atoms with Crippen molar-refractivity contribution in [2.45, 2.75) is 271 Å². The smallest absolute Gasteiger partial charge is 0.305 e. The molecule has 5 heteroatoms. The second-order valence-corrected chi connectivity index (χ2v) is 18.5. The van der Waals surface area contributed by atoms with E-state index in [4.69, 9.17) is 14.2 Å². The quantitative estimate of drug-likeness (QED) is 0.0346. The van der Waals surface area contributed by atoms with Gasteiger partial charge in [-0.15, -0.1) is 0 Å². The van der Waals surface area contributed by atoms with Crippen molar-refractivity contribution >= 4 is 11.9 Å². The molecule has 0 aliphatic heterocycles. The van der Waals surface area contributed by atoms with Gasteiger partial charge >= 0.3 is 11.9 Å². The molecule has 380 valence electrons. The molecule has 0 saturated heterocycles. The summed E-state index contributed by atoms with van der Waals surface area (Å²) >= 11 is 0. The first-order valence-electron chi connectivity index (χ1n) is 28.1. The van der Waals surface area contributed by atoms with Crippen molar-refractivity contribution in [3.8, 4) is 0 Å². The van der Waals surface area contributed by atoms with Crippen molar-refractivity contribution in [2.24, 2.45) is 0 Å². The Morgan fingerprint density at radius 1 is 0.333 bits per heavy atom. The van der Waals surface area contributed by atoms with Crippen molar-refractivity contribution in [1.29, 1.82) is 0 Å². The van der Waals surface area contributed by atoms with Crippen LogP contribution in [0.15, 0.2) is 85.1 Å². The molecule has 0 unspecified atom stereocenters. The molecule has 0 radical (unpaired) electrons. The lowest BCUT2D eigenvalue weighted by molar-refractivity contribution is -0.155. The number of ether oxygens (including phenoxy) is 3. The average Bonchev–Trinajstić information content (AvgIpc) is 3.32. The minimum atomic E-state index is -0.429. The molecule has 0 heterocycles. The summed E-state index contributed by atoms with van der Waals surface area (Å²) in [4.78, 5) is 25.3. The van der Waals surface area contributed by atoms with Crippen LogP contribution in [-0.2, 0) is 23.8 Å². The van der Waals surface area contributed by atoms with Crippen LogP contribution in [0.3, 0.4) is 0 Å². The minimum absolute atomic E-state index is 0.124. The van der Waals surface area contributed by atoms with Gasteiger partial charge < -0.3 is 14.2 Å². The highest BCUT2D eigenvalue weighted by Gasteiger charge is 2.16. The first-order chi connectivity index (χ1) is 32.6. The molecule has 0 amide bonds. The third-order valence-electron chi connectivity index (χ3n) is 12.0. The van der Waals surface area contributed by atoms with Crippen LogP contribution < -0.4 is 0 Å². The van der Waals surface area contributed by atoms with E-state index in [9.17, 15) is 9.59 Å². The lowest BCUT2D eigenvalue weighted by Crippen LogP contribution is -2.29. The highest BCUT2D eigenvalue weighted by molar-refractivity contribution is 5.69. The summed E-state index contributed by atoms with van der Waals surface area (Å²) in [7, 11) is 0. The van der Waals surface area contributed by atoms with Gasteiger partial charge in [0, 0.05) is 19.4 Å². The lowest BCUT2D eigenvalue weighted by atomic mass is 10.0. The van der Waals surface area contributed by atoms with E-state index in [0.29, 0.717) is 19.4 Å². The first-order valence-corrected chi connectivity index (χ1v) is 28.1. The number of allylic oxidation sites excluding steroid dienone is 14. The maximum absolute atomic E-state index is 12.6. The van der Waals surface area contributed by atoms with Gasteiger partial charge in [-0.05, 0) is 89.9 Å². The summed E-state index contributed by atoms with van der Waals surface area (Å²) in [6, 6.07) is 0. The van der Waals surface area contributed by atoms with Crippen molar-refractivity contribution in [3.05, 3.63) is 85.1 Å². The van der Waals surface area contributed by atoms with Crippen LogP contribution in [0.25, 0.3) is 0 Å². The fourth-order valence-corrected chi connectivity index (χ4v) is 7.73. The molecule has 66 heavy (non-hydrogen) atoms. The summed E-state index contributed by atoms with van der Waals surface area (Å²) in [6.07, 6.45) is 74.8. The van der Waals surface area contributed by atoms with E-state index in [0.717, 1.165) is 83.5 Å². The number of esters is 2. The molecular weight excluding hydrogens is 813 g/mol. The predicted molar refractivity (Wildman–Crippen MR) is 288 cm³/mol. The fourth-order valence-electron chi connectivity index (χ4n) is 7.73. The van der Waals surface area contributed by atoms with Crippen molar-refractivity contribution < 1.29 is 23.8 Å². The van der Waals surface area contributed by atoms with E-state index < -0.39 is 6.10 Å². The molecule has 1 atom stereocenters. The van der Waals surface area contributed by atoms with Crippen LogP contribution in [0.4, 0.5) is 0 Å². The summed E-state index contributed by atoms with van der Waals surface area (Å²) < 4.78 is 17.4. The molecule has 0 aliphatic carbocycles. The summed E-state index contributed by atoms with van der Waals surface area (Å²) in [5.41, 5.74) is 0. The van der Waals surface area contributed by atoms with Crippen LogP contribution in [0.2, 0.25) is 0 Å². The third kappa shape index (κ3) is 53.7. The number of hydrogen-bond acceptors (Lipinski definition) is 5. The maximum atomic E-state index is 12.6.